The number of hydrogen-bond donors (Lipinski definition) is 2. The van der Waals surface area contributed by atoms with Crippen molar-refractivity contribution in [1.82, 2.24) is 20.6 Å². The second kappa shape index (κ2) is 6.90. The molecular formula is C16H14Br2N4O2. The van der Waals surface area contributed by atoms with E-state index in [9.17, 15) is 5.11 Å². The molecule has 0 aliphatic heterocycles. The van der Waals surface area contributed by atoms with Gasteiger partial charge in [0.15, 0.2) is 5.75 Å². The first-order chi connectivity index (χ1) is 11.5. The smallest absolute Gasteiger partial charge is 0.204 e. The second-order valence-electron chi connectivity index (χ2n) is 5.48. The van der Waals surface area contributed by atoms with E-state index in [0.717, 1.165) is 20.1 Å². The van der Waals surface area contributed by atoms with Crippen LogP contribution < -0.4 is 4.74 Å². The topological polar surface area (TPSA) is 83.9 Å². The van der Waals surface area contributed by atoms with Crippen molar-refractivity contribution < 1.29 is 9.84 Å². The summed E-state index contributed by atoms with van der Waals surface area (Å²) in [6.07, 6.45) is 0. The van der Waals surface area contributed by atoms with E-state index in [0.29, 0.717) is 17.3 Å². The average molecular weight is 454 g/mol. The number of aromatic nitrogens is 4. The van der Waals surface area contributed by atoms with E-state index in [1.165, 1.54) is 0 Å². The molecule has 0 atom stereocenters. The molecule has 2 aromatic carbocycles. The van der Waals surface area contributed by atoms with Gasteiger partial charge in [0.25, 0.3) is 0 Å². The van der Waals surface area contributed by atoms with Gasteiger partial charge in [-0.1, -0.05) is 13.8 Å². The molecule has 0 aliphatic carbocycles. The van der Waals surface area contributed by atoms with Gasteiger partial charge in [-0.05, 0) is 73.3 Å². The molecule has 0 saturated heterocycles. The molecule has 0 radical (unpaired) electrons. The number of ether oxygens (including phenoxy) is 1. The van der Waals surface area contributed by atoms with Crippen LogP contribution in [0.5, 0.6) is 17.2 Å². The van der Waals surface area contributed by atoms with Crippen molar-refractivity contribution in [3.8, 4) is 28.6 Å². The number of nitrogens with one attached hydrogen (secondary N) is 1. The zero-order valence-electron chi connectivity index (χ0n) is 12.9. The largest absolute Gasteiger partial charge is 0.508 e. The molecule has 0 spiro atoms. The number of halogens is 2. The lowest BCUT2D eigenvalue weighted by molar-refractivity contribution is 0.453. The van der Waals surface area contributed by atoms with Crippen LogP contribution in [0.25, 0.3) is 11.4 Å². The molecule has 3 rings (SSSR count). The van der Waals surface area contributed by atoms with Gasteiger partial charge < -0.3 is 9.84 Å². The molecule has 1 aromatic heterocycles. The summed E-state index contributed by atoms with van der Waals surface area (Å²) in [5.74, 6) is 2.23. The lowest BCUT2D eigenvalue weighted by atomic mass is 10.0. The molecule has 0 unspecified atom stereocenters. The van der Waals surface area contributed by atoms with Gasteiger partial charge >= 0.3 is 0 Å². The van der Waals surface area contributed by atoms with Gasteiger partial charge in [0.05, 0.1) is 8.95 Å². The zero-order chi connectivity index (χ0) is 17.3. The maximum atomic E-state index is 9.93. The van der Waals surface area contributed by atoms with Crippen molar-refractivity contribution in [2.45, 2.75) is 19.8 Å². The summed E-state index contributed by atoms with van der Waals surface area (Å²) < 4.78 is 7.48. The molecule has 6 nitrogen and oxygen atoms in total. The summed E-state index contributed by atoms with van der Waals surface area (Å²) in [6, 6.07) is 8.92. The SMILES string of the molecule is CC(C)c1cc(Oc2c(Br)cc(-c3nn[nH]n3)cc2Br)ccc1O. The van der Waals surface area contributed by atoms with Crippen molar-refractivity contribution in [2.24, 2.45) is 0 Å². The first kappa shape index (κ1) is 16.9. The third-order valence-corrected chi connectivity index (χ3v) is 4.62. The minimum Gasteiger partial charge on any atom is -0.508 e. The van der Waals surface area contributed by atoms with Crippen LogP contribution in [0.15, 0.2) is 39.3 Å². The maximum Gasteiger partial charge on any atom is 0.204 e. The Morgan fingerprint density at radius 1 is 1.12 bits per heavy atom. The number of rotatable bonds is 4. The van der Waals surface area contributed by atoms with Crippen LogP contribution in [0.1, 0.15) is 25.3 Å². The Morgan fingerprint density at radius 3 is 2.42 bits per heavy atom. The number of phenolic OH excluding ortho intramolecular Hbond substituents is 1. The van der Waals surface area contributed by atoms with Crippen LogP contribution in [-0.4, -0.2) is 25.7 Å². The fourth-order valence-corrected chi connectivity index (χ4v) is 3.60. The van der Waals surface area contributed by atoms with Gasteiger partial charge in [-0.15, -0.1) is 10.2 Å². The van der Waals surface area contributed by atoms with E-state index >= 15 is 0 Å². The Morgan fingerprint density at radius 2 is 1.83 bits per heavy atom. The Labute approximate surface area is 155 Å². The first-order valence-electron chi connectivity index (χ1n) is 7.19. The summed E-state index contributed by atoms with van der Waals surface area (Å²) in [4.78, 5) is 0. The number of phenols is 1. The van der Waals surface area contributed by atoms with Crippen molar-refractivity contribution in [2.75, 3.05) is 0 Å². The summed E-state index contributed by atoms with van der Waals surface area (Å²) in [5, 5.41) is 23.8. The molecule has 8 heteroatoms. The number of aromatic hydroxyl groups is 1. The van der Waals surface area contributed by atoms with E-state index < -0.39 is 0 Å². The first-order valence-corrected chi connectivity index (χ1v) is 8.78. The number of H-pyrrole nitrogens is 1. The molecule has 3 aromatic rings. The molecule has 0 aliphatic rings. The van der Waals surface area contributed by atoms with Crippen LogP contribution in [0.2, 0.25) is 0 Å². The molecular weight excluding hydrogens is 440 g/mol. The molecule has 1 heterocycles. The molecule has 124 valence electrons. The van der Waals surface area contributed by atoms with E-state index in [2.05, 4.69) is 52.5 Å². The second-order valence-corrected chi connectivity index (χ2v) is 7.19. The number of tetrazole rings is 1. The van der Waals surface area contributed by atoms with Crippen LogP contribution in [0.3, 0.4) is 0 Å². The quantitative estimate of drug-likeness (QED) is 0.579. The summed E-state index contributed by atoms with van der Waals surface area (Å²) in [7, 11) is 0. The number of nitrogens with zero attached hydrogens (tertiary/aromatic N) is 3. The van der Waals surface area contributed by atoms with Gasteiger partial charge in [-0.2, -0.15) is 5.21 Å². The maximum absolute atomic E-state index is 9.93. The van der Waals surface area contributed by atoms with Gasteiger partial charge in [-0.25, -0.2) is 0 Å². The third-order valence-electron chi connectivity index (χ3n) is 3.44. The number of benzene rings is 2. The fourth-order valence-electron chi connectivity index (χ4n) is 2.25. The molecule has 0 saturated carbocycles. The molecule has 2 N–H and O–H groups in total. The van der Waals surface area contributed by atoms with E-state index in [1.54, 1.807) is 12.1 Å². The molecule has 0 amide bonds. The number of hydrogen-bond acceptors (Lipinski definition) is 5. The van der Waals surface area contributed by atoms with Gasteiger partial charge in [-0.3, -0.25) is 0 Å². The van der Waals surface area contributed by atoms with Crippen molar-refractivity contribution in [3.63, 3.8) is 0 Å². The van der Waals surface area contributed by atoms with E-state index in [1.807, 2.05) is 32.0 Å². The zero-order valence-corrected chi connectivity index (χ0v) is 16.1. The Kier molecular flexibility index (Phi) is 4.86. The third kappa shape index (κ3) is 3.44. The van der Waals surface area contributed by atoms with Crippen LogP contribution in [-0.2, 0) is 0 Å². The normalized spacial score (nSPS) is 11.0. The summed E-state index contributed by atoms with van der Waals surface area (Å²) in [6.45, 7) is 4.04. The molecule has 0 bridgehead atoms. The molecule has 0 fully saturated rings. The van der Waals surface area contributed by atoms with Crippen LogP contribution in [0.4, 0.5) is 0 Å². The Bertz CT molecular complexity index is 844. The predicted molar refractivity (Wildman–Crippen MR) is 97.3 cm³/mol. The van der Waals surface area contributed by atoms with Crippen molar-refractivity contribution in [3.05, 3.63) is 44.8 Å². The van der Waals surface area contributed by atoms with Crippen molar-refractivity contribution >= 4 is 31.9 Å². The van der Waals surface area contributed by atoms with Crippen LogP contribution in [0, 0.1) is 0 Å². The van der Waals surface area contributed by atoms with Gasteiger partial charge in [0, 0.05) is 11.1 Å². The Balaban J connectivity index is 1.95. The highest BCUT2D eigenvalue weighted by atomic mass is 79.9. The Hall–Kier alpha value is -1.93. The van der Waals surface area contributed by atoms with Gasteiger partial charge in [0.1, 0.15) is 11.5 Å². The van der Waals surface area contributed by atoms with E-state index in [4.69, 9.17) is 4.74 Å². The highest BCUT2D eigenvalue weighted by molar-refractivity contribution is 9.11. The average Bonchev–Trinajstić information content (AvgIpc) is 3.06. The lowest BCUT2D eigenvalue weighted by Gasteiger charge is -2.14. The minimum atomic E-state index is 0.195. The van der Waals surface area contributed by atoms with Crippen molar-refractivity contribution in [1.29, 1.82) is 0 Å². The highest BCUT2D eigenvalue weighted by Crippen LogP contribution is 2.40. The predicted octanol–water partition coefficient (Wildman–Crippen LogP) is 5.01. The highest BCUT2D eigenvalue weighted by Gasteiger charge is 2.15. The summed E-state index contributed by atoms with van der Waals surface area (Å²) >= 11 is 7.02. The van der Waals surface area contributed by atoms with Gasteiger partial charge in [0.2, 0.25) is 5.82 Å². The fraction of sp³-hybridized carbons (Fsp3) is 0.188. The lowest BCUT2D eigenvalue weighted by Crippen LogP contribution is -1.93. The standard InChI is InChI=1S/C16H14Br2N4O2/c1-8(2)11-7-10(3-4-14(11)23)24-15-12(17)5-9(6-13(15)18)16-19-21-22-20-16/h3-8,23H,1-2H3,(H,19,20,21,22). The monoisotopic (exact) mass is 452 g/mol. The molecule has 24 heavy (non-hydrogen) atoms. The number of aromatic amines is 1. The van der Waals surface area contributed by atoms with Crippen LogP contribution >= 0.6 is 31.9 Å². The summed E-state index contributed by atoms with van der Waals surface area (Å²) in [5.41, 5.74) is 1.63. The van der Waals surface area contributed by atoms with E-state index in [-0.39, 0.29) is 11.7 Å². The minimum absolute atomic E-state index is 0.195.